The molecule has 1 heterocycles. The molecule has 1 aromatic carbocycles. The van der Waals surface area contributed by atoms with Gasteiger partial charge in [0.1, 0.15) is 0 Å². The van der Waals surface area contributed by atoms with Gasteiger partial charge in [0.2, 0.25) is 0 Å². The number of rotatable bonds is 10. The van der Waals surface area contributed by atoms with Crippen molar-refractivity contribution >= 4 is 29.9 Å². The first-order valence-corrected chi connectivity index (χ1v) is 10.7. The summed E-state index contributed by atoms with van der Waals surface area (Å²) in [6.07, 6.45) is 0.890. The Bertz CT molecular complexity index is 636. The van der Waals surface area contributed by atoms with Crippen LogP contribution >= 0.6 is 24.0 Å². The number of aliphatic imine (C=N–C) groups is 1. The van der Waals surface area contributed by atoms with Crippen LogP contribution in [0.2, 0.25) is 0 Å². The Morgan fingerprint density at radius 2 is 1.80 bits per heavy atom. The summed E-state index contributed by atoms with van der Waals surface area (Å²) < 4.78 is 10.7. The molecule has 1 saturated heterocycles. The van der Waals surface area contributed by atoms with Crippen LogP contribution in [0.3, 0.4) is 0 Å². The van der Waals surface area contributed by atoms with Crippen LogP contribution in [0.5, 0.6) is 11.5 Å². The van der Waals surface area contributed by atoms with Gasteiger partial charge >= 0.3 is 0 Å². The molecule has 8 heteroatoms. The lowest BCUT2D eigenvalue weighted by Gasteiger charge is -2.33. The average molecular weight is 533 g/mol. The van der Waals surface area contributed by atoms with Gasteiger partial charge in [0.15, 0.2) is 17.5 Å². The van der Waals surface area contributed by atoms with E-state index in [1.54, 1.807) is 14.2 Å². The number of guanidine groups is 1. The molecule has 1 aliphatic rings. The highest BCUT2D eigenvalue weighted by atomic mass is 127. The van der Waals surface area contributed by atoms with Crippen molar-refractivity contribution in [1.29, 1.82) is 0 Å². The number of methoxy groups -OCH3 is 2. The van der Waals surface area contributed by atoms with Gasteiger partial charge in [-0.1, -0.05) is 13.0 Å². The van der Waals surface area contributed by atoms with E-state index in [1.807, 2.05) is 12.1 Å². The summed E-state index contributed by atoms with van der Waals surface area (Å²) in [4.78, 5) is 9.75. The zero-order chi connectivity index (χ0) is 21.1. The van der Waals surface area contributed by atoms with E-state index < -0.39 is 0 Å². The molecule has 2 rings (SSSR count). The SMILES string of the molecule is CCNC(=NCC(C)CN1CCN(C)CC1)NCCc1ccc(OC)c(OC)c1.I. The Kier molecular flexibility index (Phi) is 13.1. The summed E-state index contributed by atoms with van der Waals surface area (Å²) >= 11 is 0. The Labute approximate surface area is 199 Å². The van der Waals surface area contributed by atoms with E-state index in [-0.39, 0.29) is 24.0 Å². The minimum Gasteiger partial charge on any atom is -0.493 e. The van der Waals surface area contributed by atoms with Gasteiger partial charge < -0.3 is 29.9 Å². The van der Waals surface area contributed by atoms with E-state index in [0.717, 1.165) is 76.2 Å². The zero-order valence-electron chi connectivity index (χ0n) is 19.2. The molecule has 0 bridgehead atoms. The summed E-state index contributed by atoms with van der Waals surface area (Å²) in [5.41, 5.74) is 1.20. The molecule has 1 aromatic rings. The molecular formula is C22H40IN5O2. The van der Waals surface area contributed by atoms with Crippen molar-refractivity contribution in [2.45, 2.75) is 20.3 Å². The maximum absolute atomic E-state index is 5.39. The molecule has 0 aromatic heterocycles. The van der Waals surface area contributed by atoms with Crippen LogP contribution in [-0.2, 0) is 6.42 Å². The predicted octanol–water partition coefficient (Wildman–Crippen LogP) is 2.30. The third-order valence-electron chi connectivity index (χ3n) is 5.23. The maximum Gasteiger partial charge on any atom is 0.191 e. The highest BCUT2D eigenvalue weighted by molar-refractivity contribution is 14.0. The Morgan fingerprint density at radius 3 is 2.43 bits per heavy atom. The van der Waals surface area contributed by atoms with Crippen molar-refractivity contribution in [2.24, 2.45) is 10.9 Å². The first-order chi connectivity index (χ1) is 14.0. The number of piperazine rings is 1. The number of hydrogen-bond acceptors (Lipinski definition) is 5. The number of ether oxygens (including phenoxy) is 2. The molecule has 1 aliphatic heterocycles. The second-order valence-electron chi connectivity index (χ2n) is 7.79. The van der Waals surface area contributed by atoms with Crippen molar-refractivity contribution < 1.29 is 9.47 Å². The molecule has 0 aliphatic carbocycles. The van der Waals surface area contributed by atoms with Crippen LogP contribution in [0, 0.1) is 5.92 Å². The van der Waals surface area contributed by atoms with Crippen molar-refractivity contribution in [3.8, 4) is 11.5 Å². The van der Waals surface area contributed by atoms with Crippen molar-refractivity contribution in [2.75, 3.05) is 73.6 Å². The van der Waals surface area contributed by atoms with Gasteiger partial charge in [-0.15, -0.1) is 24.0 Å². The van der Waals surface area contributed by atoms with Gasteiger partial charge in [-0.05, 0) is 44.0 Å². The molecule has 2 N–H and O–H groups in total. The van der Waals surface area contributed by atoms with Crippen LogP contribution in [0.1, 0.15) is 19.4 Å². The number of nitrogens with zero attached hydrogens (tertiary/aromatic N) is 3. The number of benzene rings is 1. The zero-order valence-corrected chi connectivity index (χ0v) is 21.6. The quantitative estimate of drug-likeness (QED) is 0.274. The summed E-state index contributed by atoms with van der Waals surface area (Å²) in [6.45, 7) is 12.6. The first-order valence-electron chi connectivity index (χ1n) is 10.7. The third-order valence-corrected chi connectivity index (χ3v) is 5.23. The van der Waals surface area contributed by atoms with E-state index in [4.69, 9.17) is 14.5 Å². The lowest BCUT2D eigenvalue weighted by molar-refractivity contribution is 0.140. The van der Waals surface area contributed by atoms with Gasteiger partial charge in [-0.3, -0.25) is 4.99 Å². The summed E-state index contributed by atoms with van der Waals surface area (Å²) in [7, 11) is 5.52. The predicted molar refractivity (Wildman–Crippen MR) is 136 cm³/mol. The molecule has 1 unspecified atom stereocenters. The van der Waals surface area contributed by atoms with E-state index >= 15 is 0 Å². The summed E-state index contributed by atoms with van der Waals surface area (Å²) in [6, 6.07) is 6.06. The van der Waals surface area contributed by atoms with Crippen LogP contribution in [0.4, 0.5) is 0 Å². The van der Waals surface area contributed by atoms with Crippen LogP contribution in [-0.4, -0.2) is 89.4 Å². The molecule has 0 radical (unpaired) electrons. The number of halogens is 1. The van der Waals surface area contributed by atoms with E-state index in [0.29, 0.717) is 5.92 Å². The van der Waals surface area contributed by atoms with Crippen LogP contribution in [0.25, 0.3) is 0 Å². The largest absolute Gasteiger partial charge is 0.493 e. The average Bonchev–Trinajstić information content (AvgIpc) is 2.73. The lowest BCUT2D eigenvalue weighted by Crippen LogP contribution is -2.46. The van der Waals surface area contributed by atoms with Crippen LogP contribution < -0.4 is 20.1 Å². The van der Waals surface area contributed by atoms with E-state index in [9.17, 15) is 0 Å². The Morgan fingerprint density at radius 1 is 1.10 bits per heavy atom. The topological polar surface area (TPSA) is 61.4 Å². The Hall–Kier alpha value is -1.26. The van der Waals surface area contributed by atoms with Gasteiger partial charge in [0, 0.05) is 52.4 Å². The third kappa shape index (κ3) is 9.26. The minimum atomic E-state index is 0. The molecule has 7 nitrogen and oxygen atoms in total. The molecule has 0 saturated carbocycles. The number of likely N-dealkylation sites (N-methyl/N-ethyl adjacent to an activating group) is 1. The normalized spacial score (nSPS) is 16.5. The van der Waals surface area contributed by atoms with Crippen molar-refractivity contribution in [1.82, 2.24) is 20.4 Å². The second-order valence-corrected chi connectivity index (χ2v) is 7.79. The summed E-state index contributed by atoms with van der Waals surface area (Å²) in [5, 5.41) is 6.79. The molecule has 0 spiro atoms. The second kappa shape index (κ2) is 14.7. The van der Waals surface area contributed by atoms with Gasteiger partial charge in [0.05, 0.1) is 14.2 Å². The molecule has 1 atom stereocenters. The van der Waals surface area contributed by atoms with Gasteiger partial charge in [0.25, 0.3) is 0 Å². The highest BCUT2D eigenvalue weighted by Crippen LogP contribution is 2.27. The Balaban J connectivity index is 0.00000450. The lowest BCUT2D eigenvalue weighted by atomic mass is 10.1. The van der Waals surface area contributed by atoms with Gasteiger partial charge in [-0.25, -0.2) is 0 Å². The molecular weight excluding hydrogens is 493 g/mol. The van der Waals surface area contributed by atoms with Crippen LogP contribution in [0.15, 0.2) is 23.2 Å². The highest BCUT2D eigenvalue weighted by Gasteiger charge is 2.16. The fourth-order valence-electron chi connectivity index (χ4n) is 3.48. The van der Waals surface area contributed by atoms with Crippen molar-refractivity contribution in [3.63, 3.8) is 0 Å². The van der Waals surface area contributed by atoms with E-state index in [2.05, 4.69) is 47.4 Å². The fourth-order valence-corrected chi connectivity index (χ4v) is 3.48. The minimum absolute atomic E-state index is 0. The van der Waals surface area contributed by atoms with Crippen molar-refractivity contribution in [3.05, 3.63) is 23.8 Å². The molecule has 172 valence electrons. The molecule has 0 amide bonds. The smallest absolute Gasteiger partial charge is 0.191 e. The fraction of sp³-hybridized carbons (Fsp3) is 0.682. The van der Waals surface area contributed by atoms with Gasteiger partial charge in [-0.2, -0.15) is 0 Å². The van der Waals surface area contributed by atoms with E-state index in [1.165, 1.54) is 5.56 Å². The summed E-state index contributed by atoms with van der Waals surface area (Å²) in [5.74, 6) is 2.95. The number of nitrogens with one attached hydrogen (secondary N) is 2. The first kappa shape index (κ1) is 26.8. The molecule has 1 fully saturated rings. The number of hydrogen-bond donors (Lipinski definition) is 2. The molecule has 30 heavy (non-hydrogen) atoms. The standard InChI is InChI=1S/C22H39N5O2.HI/c1-6-23-22(25-16-18(2)17-27-13-11-26(3)12-14-27)24-10-9-19-7-8-20(28-4)21(15-19)29-5;/h7-8,15,18H,6,9-14,16-17H2,1-5H3,(H2,23,24,25);1H. The monoisotopic (exact) mass is 533 g/mol. The maximum atomic E-state index is 5.39.